The van der Waals surface area contributed by atoms with E-state index in [0.717, 1.165) is 17.4 Å². The standard InChI is InChI=1S/C15H16N4O5S2/c1-10-12(7-16-9-17-10)14(20)18-2-4-19(5-3-18)26(23,24)13-6-11(8-25-13)15(21)22/h6-9H,2-5H2,1H3,(H,21,22). The van der Waals surface area contributed by atoms with E-state index in [-0.39, 0.29) is 41.9 Å². The number of piperazine rings is 1. The molecule has 1 N–H and O–H groups in total. The van der Waals surface area contributed by atoms with Crippen molar-refractivity contribution < 1.29 is 23.1 Å². The zero-order valence-electron chi connectivity index (χ0n) is 13.8. The minimum Gasteiger partial charge on any atom is -0.478 e. The molecule has 1 aliphatic rings. The van der Waals surface area contributed by atoms with Crippen LogP contribution in [0.4, 0.5) is 0 Å². The van der Waals surface area contributed by atoms with Gasteiger partial charge in [-0.25, -0.2) is 23.2 Å². The monoisotopic (exact) mass is 396 g/mol. The zero-order chi connectivity index (χ0) is 18.9. The van der Waals surface area contributed by atoms with E-state index < -0.39 is 16.0 Å². The van der Waals surface area contributed by atoms with E-state index in [1.807, 2.05) is 0 Å². The summed E-state index contributed by atoms with van der Waals surface area (Å²) in [6.45, 7) is 2.47. The van der Waals surface area contributed by atoms with Crippen molar-refractivity contribution in [1.29, 1.82) is 0 Å². The van der Waals surface area contributed by atoms with E-state index in [4.69, 9.17) is 5.11 Å². The number of aryl methyl sites for hydroxylation is 1. The Bertz CT molecular complexity index is 948. The lowest BCUT2D eigenvalue weighted by Gasteiger charge is -2.33. The average Bonchev–Trinajstić information content (AvgIpc) is 3.13. The highest BCUT2D eigenvalue weighted by molar-refractivity contribution is 7.91. The number of sulfonamides is 1. The summed E-state index contributed by atoms with van der Waals surface area (Å²) in [5, 5.41) is 10.2. The third kappa shape index (κ3) is 3.45. The summed E-state index contributed by atoms with van der Waals surface area (Å²) in [6.07, 6.45) is 2.82. The molecule has 3 rings (SSSR count). The fraction of sp³-hybridized carbons (Fsp3) is 0.333. The number of aromatic carboxylic acids is 1. The van der Waals surface area contributed by atoms with E-state index in [1.54, 1.807) is 11.8 Å². The van der Waals surface area contributed by atoms with Gasteiger partial charge in [0.25, 0.3) is 15.9 Å². The Balaban J connectivity index is 1.70. The van der Waals surface area contributed by atoms with Crippen LogP contribution in [0.1, 0.15) is 26.4 Å². The number of amides is 1. The molecule has 9 nitrogen and oxygen atoms in total. The van der Waals surface area contributed by atoms with Crippen LogP contribution >= 0.6 is 11.3 Å². The van der Waals surface area contributed by atoms with Gasteiger partial charge in [-0.2, -0.15) is 4.31 Å². The van der Waals surface area contributed by atoms with E-state index >= 15 is 0 Å². The van der Waals surface area contributed by atoms with Crippen LogP contribution in [0.25, 0.3) is 0 Å². The molecule has 2 aromatic rings. The lowest BCUT2D eigenvalue weighted by atomic mass is 10.2. The van der Waals surface area contributed by atoms with Crippen molar-refractivity contribution in [2.24, 2.45) is 0 Å². The summed E-state index contributed by atoms with van der Waals surface area (Å²) in [5.74, 6) is -1.40. The van der Waals surface area contributed by atoms with Crippen molar-refractivity contribution in [2.45, 2.75) is 11.1 Å². The van der Waals surface area contributed by atoms with Crippen LogP contribution in [-0.4, -0.2) is 70.8 Å². The van der Waals surface area contributed by atoms with Gasteiger partial charge >= 0.3 is 5.97 Å². The molecule has 0 bridgehead atoms. The fourth-order valence-electron chi connectivity index (χ4n) is 2.59. The van der Waals surface area contributed by atoms with Gasteiger partial charge in [-0.15, -0.1) is 11.3 Å². The first-order valence-electron chi connectivity index (χ1n) is 7.68. The van der Waals surface area contributed by atoms with Crippen LogP contribution in [0, 0.1) is 6.92 Å². The van der Waals surface area contributed by atoms with Gasteiger partial charge in [0.05, 0.1) is 16.8 Å². The predicted molar refractivity (Wildman–Crippen MR) is 92.7 cm³/mol. The van der Waals surface area contributed by atoms with Gasteiger partial charge in [0.2, 0.25) is 0 Å². The van der Waals surface area contributed by atoms with Crippen LogP contribution in [0.5, 0.6) is 0 Å². The third-order valence-electron chi connectivity index (χ3n) is 4.08. The molecule has 0 radical (unpaired) electrons. The number of carboxylic acid groups (broad SMARTS) is 1. The minimum atomic E-state index is -3.77. The number of hydrogen-bond acceptors (Lipinski definition) is 7. The highest BCUT2D eigenvalue weighted by Gasteiger charge is 2.32. The van der Waals surface area contributed by atoms with Gasteiger partial charge in [0.15, 0.2) is 0 Å². The fourth-order valence-corrected chi connectivity index (χ4v) is 5.32. The normalized spacial score (nSPS) is 15.8. The Morgan fingerprint density at radius 1 is 1.23 bits per heavy atom. The van der Waals surface area contributed by atoms with Crippen LogP contribution in [0.3, 0.4) is 0 Å². The summed E-state index contributed by atoms with van der Waals surface area (Å²) in [5.41, 5.74) is 0.912. The van der Waals surface area contributed by atoms with E-state index in [2.05, 4.69) is 9.97 Å². The molecule has 1 aliphatic heterocycles. The molecule has 1 saturated heterocycles. The highest BCUT2D eigenvalue weighted by Crippen LogP contribution is 2.25. The SMILES string of the molecule is Cc1ncncc1C(=O)N1CCN(S(=O)(=O)c2cc(C(=O)O)cs2)CC1. The van der Waals surface area contributed by atoms with E-state index in [0.29, 0.717) is 11.3 Å². The molecule has 0 atom stereocenters. The maximum atomic E-state index is 12.6. The van der Waals surface area contributed by atoms with E-state index in [9.17, 15) is 18.0 Å². The Kier molecular flexibility index (Phi) is 5.03. The molecule has 11 heteroatoms. The zero-order valence-corrected chi connectivity index (χ0v) is 15.5. The summed E-state index contributed by atoms with van der Waals surface area (Å²) < 4.78 is 26.5. The first kappa shape index (κ1) is 18.4. The summed E-state index contributed by atoms with van der Waals surface area (Å²) in [6, 6.07) is 1.16. The molecule has 26 heavy (non-hydrogen) atoms. The van der Waals surface area contributed by atoms with Crippen molar-refractivity contribution in [2.75, 3.05) is 26.2 Å². The summed E-state index contributed by atoms with van der Waals surface area (Å²) >= 11 is 0.877. The van der Waals surface area contributed by atoms with Gasteiger partial charge in [0.1, 0.15) is 10.5 Å². The maximum absolute atomic E-state index is 12.6. The van der Waals surface area contributed by atoms with E-state index in [1.165, 1.54) is 22.2 Å². The second-order valence-corrected chi connectivity index (χ2v) is 8.75. The van der Waals surface area contributed by atoms with Crippen molar-refractivity contribution in [1.82, 2.24) is 19.2 Å². The smallest absolute Gasteiger partial charge is 0.336 e. The molecule has 0 aromatic carbocycles. The Hall–Kier alpha value is -2.37. The van der Waals surface area contributed by atoms with Gasteiger partial charge in [-0.1, -0.05) is 0 Å². The first-order valence-corrected chi connectivity index (χ1v) is 10.0. The van der Waals surface area contributed by atoms with Crippen LogP contribution in [-0.2, 0) is 10.0 Å². The van der Waals surface area contributed by atoms with Crippen molar-refractivity contribution in [3.63, 3.8) is 0 Å². The number of aromatic nitrogens is 2. The lowest BCUT2D eigenvalue weighted by Crippen LogP contribution is -2.50. The second-order valence-electron chi connectivity index (χ2n) is 5.68. The molecule has 0 aliphatic carbocycles. The number of carbonyl (C=O) groups excluding carboxylic acids is 1. The minimum absolute atomic E-state index is 0.0121. The maximum Gasteiger partial charge on any atom is 0.336 e. The molecule has 1 fully saturated rings. The first-order chi connectivity index (χ1) is 12.3. The van der Waals surface area contributed by atoms with Gasteiger partial charge in [0, 0.05) is 37.8 Å². The topological polar surface area (TPSA) is 121 Å². The van der Waals surface area contributed by atoms with Crippen LogP contribution in [0.15, 0.2) is 28.2 Å². The number of carbonyl (C=O) groups is 2. The van der Waals surface area contributed by atoms with Gasteiger partial charge in [-0.05, 0) is 13.0 Å². The number of hydrogen-bond donors (Lipinski definition) is 1. The Morgan fingerprint density at radius 2 is 1.92 bits per heavy atom. The second kappa shape index (κ2) is 7.09. The number of carboxylic acids is 1. The van der Waals surface area contributed by atoms with Gasteiger partial charge < -0.3 is 10.0 Å². The third-order valence-corrected chi connectivity index (χ3v) is 7.40. The number of nitrogens with zero attached hydrogens (tertiary/aromatic N) is 4. The molecular weight excluding hydrogens is 380 g/mol. The summed E-state index contributed by atoms with van der Waals surface area (Å²) in [7, 11) is -3.77. The molecule has 1 amide bonds. The average molecular weight is 396 g/mol. The van der Waals surface area contributed by atoms with Crippen LogP contribution < -0.4 is 0 Å². The van der Waals surface area contributed by atoms with Crippen molar-refractivity contribution in [3.8, 4) is 0 Å². The van der Waals surface area contributed by atoms with Gasteiger partial charge in [-0.3, -0.25) is 4.79 Å². The largest absolute Gasteiger partial charge is 0.478 e. The quantitative estimate of drug-likeness (QED) is 0.807. The predicted octanol–water partition coefficient (Wildman–Crippen LogP) is 0.691. The molecule has 3 heterocycles. The highest BCUT2D eigenvalue weighted by atomic mass is 32.2. The number of thiophene rings is 1. The van der Waals surface area contributed by atoms with Crippen molar-refractivity contribution in [3.05, 3.63) is 40.8 Å². The van der Waals surface area contributed by atoms with Crippen molar-refractivity contribution >= 4 is 33.2 Å². The Morgan fingerprint density at radius 3 is 2.50 bits per heavy atom. The molecule has 0 unspecified atom stereocenters. The molecule has 0 spiro atoms. The molecule has 138 valence electrons. The summed E-state index contributed by atoms with van der Waals surface area (Å²) in [4.78, 5) is 32.9. The molecule has 0 saturated carbocycles. The molecule has 2 aromatic heterocycles. The van der Waals surface area contributed by atoms with Crippen LogP contribution in [0.2, 0.25) is 0 Å². The molecular formula is C15H16N4O5S2. The number of rotatable bonds is 4. The Labute approximate surface area is 154 Å². The lowest BCUT2D eigenvalue weighted by molar-refractivity contribution is 0.0687.